The van der Waals surface area contributed by atoms with Gasteiger partial charge in [0, 0.05) is 11.6 Å². The van der Waals surface area contributed by atoms with Gasteiger partial charge in [-0.1, -0.05) is 30.5 Å². The zero-order valence-corrected chi connectivity index (χ0v) is 18.6. The fourth-order valence-electron chi connectivity index (χ4n) is 4.20. The quantitative estimate of drug-likeness (QED) is 0.314. The molecule has 0 radical (unpaired) electrons. The van der Waals surface area contributed by atoms with Crippen molar-refractivity contribution in [2.45, 2.75) is 31.7 Å². The van der Waals surface area contributed by atoms with E-state index < -0.39 is 5.97 Å². The van der Waals surface area contributed by atoms with E-state index in [1.165, 1.54) is 19.2 Å². The molecular weight excluding hydrogens is 445 g/mol. The first-order valence-corrected chi connectivity index (χ1v) is 11.1. The van der Waals surface area contributed by atoms with Crippen LogP contribution in [0.4, 0.5) is 10.3 Å². The maximum absolute atomic E-state index is 13.6. The van der Waals surface area contributed by atoms with Crippen LogP contribution in [0.5, 0.6) is 0 Å². The minimum Gasteiger partial charge on any atom is -0.464 e. The second kappa shape index (κ2) is 8.78. The molecule has 1 N–H and O–H groups in total. The van der Waals surface area contributed by atoms with E-state index in [1.807, 2.05) is 12.1 Å². The van der Waals surface area contributed by atoms with Gasteiger partial charge < -0.3 is 10.1 Å². The topological polar surface area (TPSA) is 81.4 Å². The molecule has 0 bridgehead atoms. The van der Waals surface area contributed by atoms with Crippen LogP contribution in [0.15, 0.2) is 48.5 Å². The lowest BCUT2D eigenvalue weighted by Gasteiger charge is -2.14. The Morgan fingerprint density at radius 1 is 1.15 bits per heavy atom. The highest BCUT2D eigenvalue weighted by molar-refractivity contribution is 6.29. The van der Waals surface area contributed by atoms with Crippen LogP contribution in [0.25, 0.3) is 28.0 Å². The number of esters is 1. The van der Waals surface area contributed by atoms with Gasteiger partial charge in [0.25, 0.3) is 0 Å². The second-order valence-electron chi connectivity index (χ2n) is 7.96. The molecule has 1 aromatic carbocycles. The van der Waals surface area contributed by atoms with Crippen LogP contribution in [0, 0.1) is 5.82 Å². The molecule has 33 heavy (non-hydrogen) atoms. The molecular formula is C24H21ClFN5O2. The molecule has 1 aliphatic rings. The van der Waals surface area contributed by atoms with Crippen molar-refractivity contribution in [3.8, 4) is 22.5 Å². The lowest BCUT2D eigenvalue weighted by atomic mass is 10.0. The third-order valence-corrected chi connectivity index (χ3v) is 6.08. The molecule has 4 aromatic rings. The number of benzene rings is 1. The number of pyridine rings is 1. The lowest BCUT2D eigenvalue weighted by molar-refractivity contribution is 0.0594. The summed E-state index contributed by atoms with van der Waals surface area (Å²) in [5.74, 6) is -0.558. The standard InChI is InChI=1S/C24H21ClFN5O2/c1-33-23(32)18-13-17(28-24(29-18)27-16-5-2-3-6-16)21-19-7-4-8-20(25)31(19)30-22(21)14-9-11-15(26)12-10-14/h4,7-13,16H,2-3,5-6H2,1H3,(H,27,28,29). The van der Waals surface area contributed by atoms with Gasteiger partial charge in [-0.15, -0.1) is 0 Å². The van der Waals surface area contributed by atoms with Crippen molar-refractivity contribution in [2.24, 2.45) is 0 Å². The summed E-state index contributed by atoms with van der Waals surface area (Å²) in [6.07, 6.45) is 4.33. The Morgan fingerprint density at radius 2 is 1.91 bits per heavy atom. The molecule has 0 amide bonds. The molecule has 0 aliphatic heterocycles. The molecule has 0 spiro atoms. The van der Waals surface area contributed by atoms with Gasteiger partial charge in [0.2, 0.25) is 5.95 Å². The van der Waals surface area contributed by atoms with Gasteiger partial charge in [-0.3, -0.25) is 0 Å². The first kappa shape index (κ1) is 21.3. The summed E-state index contributed by atoms with van der Waals surface area (Å²) >= 11 is 6.41. The molecule has 0 unspecified atom stereocenters. The van der Waals surface area contributed by atoms with Gasteiger partial charge in [0.1, 0.15) is 16.7 Å². The minimum absolute atomic E-state index is 0.134. The number of halogens is 2. The van der Waals surface area contributed by atoms with Crippen molar-refractivity contribution in [3.63, 3.8) is 0 Å². The number of hydrogen-bond acceptors (Lipinski definition) is 6. The average molecular weight is 466 g/mol. The van der Waals surface area contributed by atoms with Crippen LogP contribution < -0.4 is 5.32 Å². The largest absolute Gasteiger partial charge is 0.464 e. The summed E-state index contributed by atoms with van der Waals surface area (Å²) in [6, 6.07) is 13.3. The van der Waals surface area contributed by atoms with Crippen molar-refractivity contribution in [2.75, 3.05) is 12.4 Å². The minimum atomic E-state index is -0.564. The summed E-state index contributed by atoms with van der Waals surface area (Å²) in [5.41, 5.74) is 3.23. The maximum atomic E-state index is 13.6. The van der Waals surface area contributed by atoms with Crippen LogP contribution in [-0.2, 0) is 4.74 Å². The zero-order valence-electron chi connectivity index (χ0n) is 17.9. The van der Waals surface area contributed by atoms with E-state index in [0.717, 1.165) is 25.7 Å². The first-order valence-electron chi connectivity index (χ1n) is 10.7. The Morgan fingerprint density at radius 3 is 2.64 bits per heavy atom. The van der Waals surface area contributed by atoms with Crippen LogP contribution in [0.1, 0.15) is 36.2 Å². The van der Waals surface area contributed by atoms with E-state index in [0.29, 0.717) is 39.1 Å². The summed E-state index contributed by atoms with van der Waals surface area (Å²) in [4.78, 5) is 21.5. The van der Waals surface area contributed by atoms with Crippen molar-refractivity contribution in [1.82, 2.24) is 19.6 Å². The van der Waals surface area contributed by atoms with E-state index in [9.17, 15) is 9.18 Å². The molecule has 5 rings (SSSR count). The molecule has 3 aromatic heterocycles. The van der Waals surface area contributed by atoms with Crippen molar-refractivity contribution in [1.29, 1.82) is 0 Å². The van der Waals surface area contributed by atoms with Gasteiger partial charge in [0.15, 0.2) is 5.69 Å². The monoisotopic (exact) mass is 465 g/mol. The zero-order chi connectivity index (χ0) is 22.9. The Kier molecular flexibility index (Phi) is 5.68. The van der Waals surface area contributed by atoms with E-state index in [4.69, 9.17) is 21.3 Å². The number of methoxy groups -OCH3 is 1. The molecule has 1 fully saturated rings. The fraction of sp³-hybridized carbons (Fsp3) is 0.250. The predicted molar refractivity (Wildman–Crippen MR) is 124 cm³/mol. The van der Waals surface area contributed by atoms with Crippen LogP contribution >= 0.6 is 11.6 Å². The lowest BCUT2D eigenvalue weighted by Crippen LogP contribution is -2.18. The number of anilines is 1. The highest BCUT2D eigenvalue weighted by atomic mass is 35.5. The number of aromatic nitrogens is 4. The van der Waals surface area contributed by atoms with Crippen LogP contribution in [-0.4, -0.2) is 38.7 Å². The molecule has 1 aliphatic carbocycles. The van der Waals surface area contributed by atoms with Gasteiger partial charge in [-0.25, -0.2) is 23.7 Å². The van der Waals surface area contributed by atoms with E-state index >= 15 is 0 Å². The second-order valence-corrected chi connectivity index (χ2v) is 8.34. The number of ether oxygens (including phenoxy) is 1. The third kappa shape index (κ3) is 4.14. The molecule has 7 nitrogen and oxygen atoms in total. The molecule has 0 saturated heterocycles. The number of hydrogen-bond donors (Lipinski definition) is 1. The number of rotatable bonds is 5. The Hall–Kier alpha value is -3.52. The van der Waals surface area contributed by atoms with Gasteiger partial charge in [-0.05, 0) is 55.3 Å². The number of carbonyl (C=O) groups is 1. The summed E-state index contributed by atoms with van der Waals surface area (Å²) in [6.45, 7) is 0. The summed E-state index contributed by atoms with van der Waals surface area (Å²) < 4.78 is 20.1. The smallest absolute Gasteiger partial charge is 0.356 e. The summed E-state index contributed by atoms with van der Waals surface area (Å²) in [5, 5.41) is 8.45. The highest BCUT2D eigenvalue weighted by Crippen LogP contribution is 2.36. The third-order valence-electron chi connectivity index (χ3n) is 5.79. The fourth-order valence-corrected chi connectivity index (χ4v) is 4.40. The Bertz CT molecular complexity index is 1330. The maximum Gasteiger partial charge on any atom is 0.356 e. The van der Waals surface area contributed by atoms with Crippen molar-refractivity contribution < 1.29 is 13.9 Å². The number of fused-ring (bicyclic) bond motifs is 1. The van der Waals surface area contributed by atoms with Gasteiger partial charge in [-0.2, -0.15) is 5.10 Å². The molecule has 1 saturated carbocycles. The highest BCUT2D eigenvalue weighted by Gasteiger charge is 2.23. The van der Waals surface area contributed by atoms with E-state index in [1.54, 1.807) is 28.8 Å². The average Bonchev–Trinajstić information content (AvgIpc) is 3.47. The summed E-state index contributed by atoms with van der Waals surface area (Å²) in [7, 11) is 1.31. The van der Waals surface area contributed by atoms with Gasteiger partial charge in [0.05, 0.1) is 23.9 Å². The molecule has 168 valence electrons. The predicted octanol–water partition coefficient (Wildman–Crippen LogP) is 5.39. The molecule has 0 atom stereocenters. The number of carbonyl (C=O) groups excluding carboxylic acids is 1. The van der Waals surface area contributed by atoms with E-state index in [2.05, 4.69) is 15.4 Å². The van der Waals surface area contributed by atoms with Crippen LogP contribution in [0.3, 0.4) is 0 Å². The number of nitrogens with zero attached hydrogens (tertiary/aromatic N) is 4. The van der Waals surface area contributed by atoms with Gasteiger partial charge >= 0.3 is 5.97 Å². The normalized spacial score (nSPS) is 14.0. The Labute approximate surface area is 194 Å². The SMILES string of the molecule is COC(=O)c1cc(-c2c(-c3ccc(F)cc3)nn3c(Cl)cccc23)nc(NC2CCCC2)n1. The Balaban J connectivity index is 1.73. The van der Waals surface area contributed by atoms with Crippen LogP contribution in [0.2, 0.25) is 5.15 Å². The van der Waals surface area contributed by atoms with E-state index in [-0.39, 0.29) is 17.6 Å². The molecule has 9 heteroatoms. The first-order chi connectivity index (χ1) is 16.0. The van der Waals surface area contributed by atoms with Crippen molar-refractivity contribution >= 4 is 29.0 Å². The number of nitrogens with one attached hydrogen (secondary N) is 1. The van der Waals surface area contributed by atoms with Crippen molar-refractivity contribution in [3.05, 3.63) is 65.2 Å². The molecule has 3 heterocycles.